The number of fused-ring (bicyclic) bond motifs is 2. The molecule has 0 spiro atoms. The van der Waals surface area contributed by atoms with Crippen LogP contribution in [-0.2, 0) is 11.2 Å². The highest BCUT2D eigenvalue weighted by atomic mass is 16.7. The molecule has 164 valence electrons. The minimum atomic E-state index is -1.70. The Labute approximate surface area is 177 Å². The van der Waals surface area contributed by atoms with E-state index in [4.69, 9.17) is 9.47 Å². The largest absolute Gasteiger partial charge is 0.504 e. The Morgan fingerprint density at radius 2 is 1.58 bits per heavy atom. The minimum Gasteiger partial charge on any atom is -0.504 e. The van der Waals surface area contributed by atoms with E-state index in [1.807, 2.05) is 0 Å². The van der Waals surface area contributed by atoms with Gasteiger partial charge in [0.15, 0.2) is 23.1 Å². The van der Waals surface area contributed by atoms with E-state index in [2.05, 4.69) is 0 Å². The van der Waals surface area contributed by atoms with Gasteiger partial charge in [-0.05, 0) is 18.1 Å². The van der Waals surface area contributed by atoms with E-state index in [-0.39, 0.29) is 28.0 Å². The van der Waals surface area contributed by atoms with Gasteiger partial charge < -0.3 is 35.0 Å². The van der Waals surface area contributed by atoms with Crippen LogP contribution in [0.25, 0.3) is 0 Å². The van der Waals surface area contributed by atoms with E-state index >= 15 is 0 Å². The zero-order valence-corrected chi connectivity index (χ0v) is 16.6. The Bertz CT molecular complexity index is 1050. The van der Waals surface area contributed by atoms with Gasteiger partial charge in [0, 0.05) is 16.7 Å². The molecule has 0 radical (unpaired) electrons. The molecule has 1 aliphatic heterocycles. The summed E-state index contributed by atoms with van der Waals surface area (Å²) in [5, 5.41) is 50.3. The number of benzene rings is 2. The van der Waals surface area contributed by atoms with Crippen LogP contribution in [0.3, 0.4) is 0 Å². The number of aryl methyl sites for hydroxylation is 1. The van der Waals surface area contributed by atoms with Crippen molar-refractivity contribution >= 4 is 11.6 Å². The summed E-state index contributed by atoms with van der Waals surface area (Å²) in [5.41, 5.74) is 0.729. The standard InChI is InChI=1S/C22H22O9/c1-2-9-7-12(30-22-21(29)20(28)19(27)13(8-23)31-22)18(26)15-14(9)16(24)10-5-3-4-6-11(10)17(15)25/h3-7,13,19-23,26-29H,2,8H2,1H3/t13-,19-,20+,21-,22-/m0/s1. The highest BCUT2D eigenvalue weighted by molar-refractivity contribution is 6.30. The molecular formula is C22H22O9. The average molecular weight is 430 g/mol. The quantitative estimate of drug-likeness (QED) is 0.382. The van der Waals surface area contributed by atoms with Crippen molar-refractivity contribution in [3.8, 4) is 11.5 Å². The summed E-state index contributed by atoms with van der Waals surface area (Å²) in [4.78, 5) is 26.1. The lowest BCUT2D eigenvalue weighted by molar-refractivity contribution is -0.277. The van der Waals surface area contributed by atoms with E-state index in [0.717, 1.165) is 0 Å². The van der Waals surface area contributed by atoms with Gasteiger partial charge in [0.2, 0.25) is 6.29 Å². The van der Waals surface area contributed by atoms with Crippen molar-refractivity contribution in [1.82, 2.24) is 0 Å². The number of carbonyl (C=O) groups excluding carboxylic acids is 2. The van der Waals surface area contributed by atoms with E-state index in [0.29, 0.717) is 12.0 Å². The van der Waals surface area contributed by atoms with Crippen molar-refractivity contribution in [2.45, 2.75) is 44.1 Å². The second kappa shape index (κ2) is 8.03. The summed E-state index contributed by atoms with van der Waals surface area (Å²) in [6, 6.07) is 7.68. The summed E-state index contributed by atoms with van der Waals surface area (Å²) >= 11 is 0. The first-order valence-corrected chi connectivity index (χ1v) is 9.84. The molecular weight excluding hydrogens is 408 g/mol. The normalized spacial score (nSPS) is 27.6. The highest BCUT2D eigenvalue weighted by Gasteiger charge is 2.45. The number of hydrogen-bond donors (Lipinski definition) is 5. The number of hydrogen-bond acceptors (Lipinski definition) is 9. The minimum absolute atomic E-state index is 0.0878. The van der Waals surface area contributed by atoms with Crippen LogP contribution in [0.5, 0.6) is 11.5 Å². The zero-order chi connectivity index (χ0) is 22.4. The number of carbonyl (C=O) groups is 2. The molecule has 0 bridgehead atoms. The van der Waals surface area contributed by atoms with Gasteiger partial charge in [-0.1, -0.05) is 31.2 Å². The number of ketones is 2. The van der Waals surface area contributed by atoms with Crippen LogP contribution >= 0.6 is 0 Å². The topological polar surface area (TPSA) is 154 Å². The summed E-state index contributed by atoms with van der Waals surface area (Å²) in [6.07, 6.45) is -7.35. The maximum atomic E-state index is 13.1. The molecule has 4 rings (SSSR count). The van der Waals surface area contributed by atoms with E-state index < -0.39 is 54.6 Å². The third kappa shape index (κ3) is 3.31. The fraction of sp³-hybridized carbons (Fsp3) is 0.364. The third-order valence-corrected chi connectivity index (χ3v) is 5.69. The fourth-order valence-electron chi connectivity index (χ4n) is 3.99. The van der Waals surface area contributed by atoms with Crippen LogP contribution in [0.4, 0.5) is 0 Å². The third-order valence-electron chi connectivity index (χ3n) is 5.69. The van der Waals surface area contributed by atoms with Gasteiger partial charge in [-0.15, -0.1) is 0 Å². The van der Waals surface area contributed by atoms with Gasteiger partial charge in [0.25, 0.3) is 0 Å². The first-order chi connectivity index (χ1) is 14.8. The molecule has 9 heteroatoms. The van der Waals surface area contributed by atoms with Crippen molar-refractivity contribution in [3.05, 3.63) is 58.1 Å². The summed E-state index contributed by atoms with van der Waals surface area (Å²) in [5.74, 6) is -1.77. The molecule has 2 aromatic carbocycles. The second-order valence-electron chi connectivity index (χ2n) is 7.50. The van der Waals surface area contributed by atoms with E-state index in [1.165, 1.54) is 12.1 Å². The average Bonchev–Trinajstić information content (AvgIpc) is 2.78. The van der Waals surface area contributed by atoms with Gasteiger partial charge in [-0.25, -0.2) is 0 Å². The number of rotatable bonds is 4. The summed E-state index contributed by atoms with van der Waals surface area (Å²) < 4.78 is 10.9. The first-order valence-electron chi connectivity index (χ1n) is 9.84. The highest BCUT2D eigenvalue weighted by Crippen LogP contribution is 2.42. The van der Waals surface area contributed by atoms with Gasteiger partial charge in [0.05, 0.1) is 12.2 Å². The number of aromatic hydroxyl groups is 1. The number of aliphatic hydroxyl groups is 4. The Morgan fingerprint density at radius 3 is 2.16 bits per heavy atom. The molecule has 1 aliphatic carbocycles. The Balaban J connectivity index is 1.78. The number of phenolic OH excluding ortho intramolecular Hbond substituents is 1. The summed E-state index contributed by atoms with van der Waals surface area (Å²) in [7, 11) is 0. The fourth-order valence-corrected chi connectivity index (χ4v) is 3.99. The monoisotopic (exact) mass is 430 g/mol. The molecule has 0 saturated carbocycles. The van der Waals surface area contributed by atoms with Crippen LogP contribution in [0.1, 0.15) is 44.3 Å². The van der Waals surface area contributed by atoms with E-state index in [1.54, 1.807) is 25.1 Å². The lowest BCUT2D eigenvalue weighted by Crippen LogP contribution is -2.60. The van der Waals surface area contributed by atoms with Gasteiger partial charge in [-0.3, -0.25) is 9.59 Å². The number of phenols is 1. The van der Waals surface area contributed by atoms with Crippen molar-refractivity contribution in [2.75, 3.05) is 6.61 Å². The maximum Gasteiger partial charge on any atom is 0.229 e. The molecule has 31 heavy (non-hydrogen) atoms. The SMILES string of the molecule is CCc1cc(O[C@H]2O[C@@H](CO)[C@H](O)[C@@H](O)[C@@H]2O)c(O)c2c1C(=O)c1ccccc1C2=O. The molecule has 1 fully saturated rings. The smallest absolute Gasteiger partial charge is 0.229 e. The molecule has 2 aromatic rings. The number of aliphatic hydroxyl groups excluding tert-OH is 4. The predicted molar refractivity (Wildman–Crippen MR) is 105 cm³/mol. The van der Waals surface area contributed by atoms with Crippen LogP contribution < -0.4 is 4.74 Å². The molecule has 5 N–H and O–H groups in total. The lowest BCUT2D eigenvalue weighted by atomic mass is 9.80. The van der Waals surface area contributed by atoms with Crippen molar-refractivity contribution in [3.63, 3.8) is 0 Å². The van der Waals surface area contributed by atoms with E-state index in [9.17, 15) is 35.1 Å². The van der Waals surface area contributed by atoms with Crippen molar-refractivity contribution in [2.24, 2.45) is 0 Å². The zero-order valence-electron chi connectivity index (χ0n) is 16.6. The lowest BCUT2D eigenvalue weighted by Gasteiger charge is -2.39. The molecule has 5 atom stereocenters. The molecule has 0 amide bonds. The van der Waals surface area contributed by atoms with Crippen LogP contribution in [-0.4, -0.2) is 74.4 Å². The molecule has 9 nitrogen and oxygen atoms in total. The Hall–Kier alpha value is -2.82. The Kier molecular flexibility index (Phi) is 5.54. The number of ether oxygens (including phenoxy) is 2. The summed E-state index contributed by atoms with van der Waals surface area (Å²) in [6.45, 7) is 1.12. The van der Waals surface area contributed by atoms with Gasteiger partial charge in [0.1, 0.15) is 24.4 Å². The van der Waals surface area contributed by atoms with Crippen LogP contribution in [0.2, 0.25) is 0 Å². The molecule has 0 unspecified atom stereocenters. The van der Waals surface area contributed by atoms with Crippen molar-refractivity contribution < 1.29 is 44.6 Å². The Morgan fingerprint density at radius 1 is 0.968 bits per heavy atom. The molecule has 0 aromatic heterocycles. The maximum absolute atomic E-state index is 13.1. The second-order valence-corrected chi connectivity index (χ2v) is 7.50. The van der Waals surface area contributed by atoms with Crippen molar-refractivity contribution in [1.29, 1.82) is 0 Å². The van der Waals surface area contributed by atoms with Crippen LogP contribution in [0, 0.1) is 0 Å². The predicted octanol–water partition coefficient (Wildman–Crippen LogP) is -0.0913. The van der Waals surface area contributed by atoms with Crippen LogP contribution in [0.15, 0.2) is 30.3 Å². The molecule has 2 aliphatic rings. The van der Waals surface area contributed by atoms with Gasteiger partial charge >= 0.3 is 0 Å². The van der Waals surface area contributed by atoms with Gasteiger partial charge in [-0.2, -0.15) is 0 Å². The molecule has 1 saturated heterocycles. The first kappa shape index (κ1) is 21.4. The molecule has 1 heterocycles.